The van der Waals surface area contributed by atoms with Crippen LogP contribution < -0.4 is 4.90 Å². The summed E-state index contributed by atoms with van der Waals surface area (Å²) in [6.07, 6.45) is 0. The third kappa shape index (κ3) is 4.00. The first kappa shape index (κ1) is 22.3. The van der Waals surface area contributed by atoms with Gasteiger partial charge in [-0.3, -0.25) is 9.05 Å². The van der Waals surface area contributed by atoms with E-state index in [0.29, 0.717) is 0 Å². The molecule has 0 bridgehead atoms. The summed E-state index contributed by atoms with van der Waals surface area (Å²) < 4.78 is 27.6. The van der Waals surface area contributed by atoms with Crippen molar-refractivity contribution in [2.75, 3.05) is 24.7 Å². The molecule has 6 heteroatoms. The monoisotopic (exact) mass is 448 g/mol. The van der Waals surface area contributed by atoms with Crippen molar-refractivity contribution in [2.45, 2.75) is 20.8 Å². The van der Waals surface area contributed by atoms with Crippen LogP contribution in [0, 0.1) is 0 Å². The zero-order valence-electron chi connectivity index (χ0n) is 18.8. The van der Waals surface area contributed by atoms with Crippen LogP contribution in [0.3, 0.4) is 0 Å². The minimum atomic E-state index is -3.65. The Morgan fingerprint density at radius 2 is 1.34 bits per heavy atom. The third-order valence-corrected chi connectivity index (χ3v) is 7.43. The maximum absolute atomic E-state index is 14.2. The number of nitrogens with zero attached hydrogens (tertiary/aromatic N) is 2. The zero-order valence-corrected chi connectivity index (χ0v) is 19.7. The highest BCUT2D eigenvalue weighted by Gasteiger charge is 2.35. The van der Waals surface area contributed by atoms with Crippen molar-refractivity contribution in [1.29, 1.82) is 0 Å². The van der Waals surface area contributed by atoms with Gasteiger partial charge in [-0.1, -0.05) is 66.7 Å². The molecule has 0 spiro atoms. The lowest BCUT2D eigenvalue weighted by Crippen LogP contribution is -2.17. The summed E-state index contributed by atoms with van der Waals surface area (Å²) in [4.78, 5) is 2.25. The summed E-state index contributed by atoms with van der Waals surface area (Å²) in [5.74, 6) is 0. The topological polar surface area (TPSA) is 43.7 Å². The second-order valence-electron chi connectivity index (χ2n) is 7.28. The molecule has 5 nitrogen and oxygen atoms in total. The molecule has 0 aliphatic heterocycles. The minimum absolute atomic E-state index is 0.281. The van der Waals surface area contributed by atoms with Crippen molar-refractivity contribution >= 4 is 30.0 Å². The lowest BCUT2D eigenvalue weighted by molar-refractivity contribution is 0.214. The highest BCUT2D eigenvalue weighted by Crippen LogP contribution is 2.58. The number of anilines is 2. The Balaban J connectivity index is 2.14. The Labute approximate surface area is 189 Å². The normalized spacial score (nSPS) is 11.7. The summed E-state index contributed by atoms with van der Waals surface area (Å²) in [6.45, 7) is 7.10. The summed E-state index contributed by atoms with van der Waals surface area (Å²) in [7, 11) is -3.65. The number of fused-ring (bicyclic) bond motifs is 1. The van der Waals surface area contributed by atoms with Crippen molar-refractivity contribution in [3.8, 4) is 11.3 Å². The zero-order chi connectivity index (χ0) is 22.6. The van der Waals surface area contributed by atoms with Gasteiger partial charge in [0.2, 0.25) is 0 Å². The number of para-hydroxylation sites is 2. The lowest BCUT2D eigenvalue weighted by atomic mass is 10.1. The Morgan fingerprint density at radius 1 is 0.781 bits per heavy atom. The molecule has 1 heterocycles. The lowest BCUT2D eigenvalue weighted by Gasteiger charge is -2.26. The summed E-state index contributed by atoms with van der Waals surface area (Å²) in [5, 5.41) is 0.997. The van der Waals surface area contributed by atoms with Gasteiger partial charge in [0.15, 0.2) is 0 Å². The molecule has 0 saturated heterocycles. The van der Waals surface area contributed by atoms with Crippen molar-refractivity contribution in [3.05, 3.63) is 84.9 Å². The number of rotatable bonds is 9. The van der Waals surface area contributed by atoms with Gasteiger partial charge in [-0.2, -0.15) is 0 Å². The number of hydrogen-bond acceptors (Lipinski definition) is 4. The fraction of sp³-hybridized carbons (Fsp3) is 0.231. The molecular formula is C26H29N2O3P. The first-order valence-corrected chi connectivity index (χ1v) is 12.6. The van der Waals surface area contributed by atoms with E-state index in [1.807, 2.05) is 80.6 Å². The molecule has 0 radical (unpaired) electrons. The van der Waals surface area contributed by atoms with Gasteiger partial charge in [0.1, 0.15) is 0 Å². The summed E-state index contributed by atoms with van der Waals surface area (Å²) in [6, 6.07) is 28.3. The predicted octanol–water partition coefficient (Wildman–Crippen LogP) is 7.50. The molecule has 0 fully saturated rings. The van der Waals surface area contributed by atoms with E-state index in [0.717, 1.165) is 40.1 Å². The molecule has 0 aliphatic rings. The van der Waals surface area contributed by atoms with Crippen LogP contribution >= 0.6 is 7.75 Å². The molecule has 4 rings (SSSR count). The van der Waals surface area contributed by atoms with Gasteiger partial charge in [0.25, 0.3) is 0 Å². The van der Waals surface area contributed by atoms with Crippen LogP contribution in [-0.4, -0.2) is 24.1 Å². The number of benzene rings is 3. The molecule has 0 aliphatic carbocycles. The Morgan fingerprint density at radius 3 is 1.94 bits per heavy atom. The number of hydrogen-bond donors (Lipinski definition) is 0. The predicted molar refractivity (Wildman–Crippen MR) is 133 cm³/mol. The van der Waals surface area contributed by atoms with E-state index in [-0.39, 0.29) is 13.2 Å². The molecule has 4 aromatic rings. The summed E-state index contributed by atoms with van der Waals surface area (Å²) in [5.41, 5.74) is 4.65. The van der Waals surface area contributed by atoms with Crippen LogP contribution in [0.25, 0.3) is 22.2 Å². The second-order valence-corrected chi connectivity index (χ2v) is 9.13. The van der Waals surface area contributed by atoms with Gasteiger partial charge in [-0.15, -0.1) is 0 Å². The molecule has 0 N–H and O–H groups in total. The highest BCUT2D eigenvalue weighted by atomic mass is 31.2. The van der Waals surface area contributed by atoms with Gasteiger partial charge in [0, 0.05) is 23.2 Å². The second kappa shape index (κ2) is 9.74. The fourth-order valence-electron chi connectivity index (χ4n) is 4.15. The van der Waals surface area contributed by atoms with E-state index < -0.39 is 7.75 Å². The molecule has 0 saturated carbocycles. The van der Waals surface area contributed by atoms with Gasteiger partial charge >= 0.3 is 7.75 Å². The standard InChI is InChI=1S/C26H29N2O3P/c1-4-27(22-17-11-8-12-18-22)26-23-19-13-14-20-24(23)28(32(29,30-5-2)31-6-3)25(26)21-15-9-7-10-16-21/h7-20H,4-6H2,1-3H3. The maximum atomic E-state index is 14.2. The molecule has 0 unspecified atom stereocenters. The van der Waals surface area contributed by atoms with Gasteiger partial charge < -0.3 is 4.90 Å². The van der Waals surface area contributed by atoms with Gasteiger partial charge in [-0.25, -0.2) is 8.90 Å². The van der Waals surface area contributed by atoms with Crippen LogP contribution in [0.1, 0.15) is 20.8 Å². The average Bonchev–Trinajstić information content (AvgIpc) is 3.17. The van der Waals surface area contributed by atoms with Crippen molar-refractivity contribution in [3.63, 3.8) is 0 Å². The maximum Gasteiger partial charge on any atom is 0.439 e. The number of aromatic nitrogens is 1. The Bertz CT molecular complexity index is 1210. The van der Waals surface area contributed by atoms with E-state index in [9.17, 15) is 4.57 Å². The Kier molecular flexibility index (Phi) is 6.80. The first-order valence-electron chi connectivity index (χ1n) is 11.1. The quantitative estimate of drug-likeness (QED) is 0.249. The average molecular weight is 449 g/mol. The van der Waals surface area contributed by atoms with E-state index in [4.69, 9.17) is 9.05 Å². The van der Waals surface area contributed by atoms with Crippen LogP contribution in [0.4, 0.5) is 11.4 Å². The molecular weight excluding hydrogens is 419 g/mol. The van der Waals surface area contributed by atoms with Crippen LogP contribution in [0.15, 0.2) is 84.9 Å². The van der Waals surface area contributed by atoms with Crippen molar-refractivity contribution in [2.24, 2.45) is 0 Å². The van der Waals surface area contributed by atoms with E-state index in [1.165, 1.54) is 0 Å². The third-order valence-electron chi connectivity index (χ3n) is 5.35. The Hall–Kier alpha value is -2.85. The molecule has 0 amide bonds. The van der Waals surface area contributed by atoms with Crippen LogP contribution in [-0.2, 0) is 13.6 Å². The summed E-state index contributed by atoms with van der Waals surface area (Å²) >= 11 is 0. The van der Waals surface area contributed by atoms with Crippen LogP contribution in [0.5, 0.6) is 0 Å². The van der Waals surface area contributed by atoms with Gasteiger partial charge in [0.05, 0.1) is 30.1 Å². The highest BCUT2D eigenvalue weighted by molar-refractivity contribution is 7.52. The van der Waals surface area contributed by atoms with E-state index >= 15 is 0 Å². The van der Waals surface area contributed by atoms with E-state index in [2.05, 4.69) is 30.0 Å². The van der Waals surface area contributed by atoms with Gasteiger partial charge in [-0.05, 0) is 39.0 Å². The van der Waals surface area contributed by atoms with Crippen molar-refractivity contribution < 1.29 is 13.6 Å². The van der Waals surface area contributed by atoms with E-state index in [1.54, 1.807) is 4.34 Å². The fourth-order valence-corrected chi connectivity index (χ4v) is 6.00. The minimum Gasteiger partial charge on any atom is -0.339 e. The molecule has 32 heavy (non-hydrogen) atoms. The van der Waals surface area contributed by atoms with Crippen molar-refractivity contribution in [1.82, 2.24) is 4.34 Å². The molecule has 3 aromatic carbocycles. The van der Waals surface area contributed by atoms with Crippen LogP contribution in [0.2, 0.25) is 0 Å². The molecule has 166 valence electrons. The first-order chi connectivity index (χ1) is 15.6. The SMILES string of the molecule is CCOP(=O)(OCC)n1c(-c2ccccc2)c(N(CC)c2ccccc2)c2ccccc21. The molecule has 1 aromatic heterocycles. The largest absolute Gasteiger partial charge is 0.439 e. The smallest absolute Gasteiger partial charge is 0.339 e. The molecule has 0 atom stereocenters.